The Morgan fingerprint density at radius 3 is 2.13 bits per heavy atom. The molecule has 16 heteroatoms. The van der Waals surface area contributed by atoms with Crippen LogP contribution in [-0.2, 0) is 14.2 Å². The molecule has 16 nitrogen and oxygen atoms in total. The van der Waals surface area contributed by atoms with Gasteiger partial charge >= 0.3 is 0 Å². The van der Waals surface area contributed by atoms with Crippen molar-refractivity contribution < 1.29 is 34.6 Å². The molecule has 1 saturated carbocycles. The normalized spacial score (nSPS) is 41.1. The fraction of sp³-hybridized carbons (Fsp3) is 1.00. The first-order chi connectivity index (χ1) is 14.4. The van der Waals surface area contributed by atoms with Gasteiger partial charge in [-0.2, -0.15) is 0 Å². The molecule has 1 aliphatic heterocycles. The highest BCUT2D eigenvalue weighted by Gasteiger charge is 2.50. The van der Waals surface area contributed by atoms with E-state index in [0.717, 1.165) is 0 Å². The van der Waals surface area contributed by atoms with Crippen LogP contribution in [0.1, 0.15) is 13.3 Å². The molecule has 4 N–H and O–H groups in total. The van der Waals surface area contributed by atoms with E-state index in [-0.39, 0.29) is 13.0 Å². The van der Waals surface area contributed by atoms with Crippen molar-refractivity contribution in [1.29, 1.82) is 0 Å². The average molecular weight is 429 g/mol. The lowest BCUT2D eigenvalue weighted by atomic mass is 9.84. The first-order valence-electron chi connectivity index (χ1n) is 9.13. The topological polar surface area (TPSA) is 255 Å². The lowest BCUT2D eigenvalue weighted by Crippen LogP contribution is -2.62. The second-order valence-electron chi connectivity index (χ2n) is 6.74. The van der Waals surface area contributed by atoms with Gasteiger partial charge in [-0.3, -0.25) is 0 Å². The highest BCUT2D eigenvalue weighted by atomic mass is 16.7. The maximum atomic E-state index is 10.5. The first-order valence-corrected chi connectivity index (χ1v) is 9.13. The Labute approximate surface area is 169 Å². The molecule has 1 aliphatic carbocycles. The Bertz CT molecular complexity index is 725. The summed E-state index contributed by atoms with van der Waals surface area (Å²) < 4.78 is 16.5. The van der Waals surface area contributed by atoms with Crippen molar-refractivity contribution in [2.45, 2.75) is 74.4 Å². The van der Waals surface area contributed by atoms with Gasteiger partial charge in [-0.15, -0.1) is 0 Å². The molecule has 2 fully saturated rings. The molecule has 0 spiro atoms. The number of azide groups is 3. The van der Waals surface area contributed by atoms with Gasteiger partial charge in [0.05, 0.1) is 37.0 Å². The van der Waals surface area contributed by atoms with Gasteiger partial charge in [0.25, 0.3) is 0 Å². The van der Waals surface area contributed by atoms with Crippen LogP contribution < -0.4 is 0 Å². The Balaban J connectivity index is 2.30. The van der Waals surface area contributed by atoms with E-state index in [1.54, 1.807) is 6.92 Å². The van der Waals surface area contributed by atoms with Crippen LogP contribution in [0.25, 0.3) is 31.3 Å². The number of hydrogen-bond acceptors (Lipinski definition) is 10. The Kier molecular flexibility index (Phi) is 8.89. The van der Waals surface area contributed by atoms with Crippen molar-refractivity contribution in [1.82, 2.24) is 0 Å². The molecule has 1 heterocycles. The minimum Gasteiger partial charge on any atom is -0.390 e. The van der Waals surface area contributed by atoms with Gasteiger partial charge in [-0.1, -0.05) is 15.3 Å². The predicted octanol–water partition coefficient (Wildman–Crippen LogP) is 0.0170. The second kappa shape index (κ2) is 11.2. The van der Waals surface area contributed by atoms with Crippen molar-refractivity contribution in [3.8, 4) is 0 Å². The van der Waals surface area contributed by atoms with Gasteiger partial charge in [0, 0.05) is 21.3 Å². The van der Waals surface area contributed by atoms with Gasteiger partial charge in [-0.05, 0) is 29.9 Å². The molecule has 0 amide bonds. The quantitative estimate of drug-likeness (QED) is 0.233. The Morgan fingerprint density at radius 1 is 0.900 bits per heavy atom. The van der Waals surface area contributed by atoms with Gasteiger partial charge in [-0.25, -0.2) is 0 Å². The van der Waals surface area contributed by atoms with E-state index in [1.165, 1.54) is 0 Å². The molecule has 2 aliphatic rings. The molecule has 0 radical (unpaired) electrons. The summed E-state index contributed by atoms with van der Waals surface area (Å²) in [7, 11) is 0. The Hall–Kier alpha value is -2.35. The molecular weight excluding hydrogens is 406 g/mol. The maximum Gasteiger partial charge on any atom is 0.169 e. The summed E-state index contributed by atoms with van der Waals surface area (Å²) in [6, 6.07) is -3.55. The summed E-state index contributed by atoms with van der Waals surface area (Å²) >= 11 is 0. The number of hydrogen-bond donors (Lipinski definition) is 4. The van der Waals surface area contributed by atoms with E-state index in [9.17, 15) is 20.4 Å². The molecule has 0 bridgehead atoms. The zero-order chi connectivity index (χ0) is 22.3. The number of rotatable bonds is 8. The van der Waals surface area contributed by atoms with Crippen molar-refractivity contribution in [3.05, 3.63) is 31.3 Å². The summed E-state index contributed by atoms with van der Waals surface area (Å²) in [5.41, 5.74) is 26.2. The van der Waals surface area contributed by atoms with Crippen molar-refractivity contribution in [3.63, 3.8) is 0 Å². The van der Waals surface area contributed by atoms with Gasteiger partial charge in [0.2, 0.25) is 0 Å². The second-order valence-corrected chi connectivity index (χ2v) is 6.74. The fourth-order valence-corrected chi connectivity index (χ4v) is 3.44. The third-order valence-corrected chi connectivity index (χ3v) is 4.97. The molecule has 0 aromatic heterocycles. The van der Waals surface area contributed by atoms with Crippen molar-refractivity contribution >= 4 is 0 Å². The molecule has 2 rings (SSSR count). The highest BCUT2D eigenvalue weighted by Crippen LogP contribution is 2.32. The standard InChI is InChI=1S/C14H23N9O7/c1-2-28-4-7-10(25)11(26)8(20-23-17)14(29-7)30-13-6(19-22-16)3-5(18-21-15)9(24)12(13)27/h5-14,24-27H,2-4H2,1H3/t5-,6?,7?,8?,9-,10-,11-,12?,13-,14-/m1/s1. The van der Waals surface area contributed by atoms with Crippen molar-refractivity contribution in [2.24, 2.45) is 15.3 Å². The minimum atomic E-state index is -1.66. The van der Waals surface area contributed by atoms with Gasteiger partial charge in [0.15, 0.2) is 6.29 Å². The highest BCUT2D eigenvalue weighted by molar-refractivity contribution is 5.02. The van der Waals surface area contributed by atoms with Crippen LogP contribution in [0.4, 0.5) is 0 Å². The molecule has 30 heavy (non-hydrogen) atoms. The minimum absolute atomic E-state index is 0.105. The number of aliphatic hydroxyl groups is 4. The third-order valence-electron chi connectivity index (χ3n) is 4.97. The molecule has 1 saturated heterocycles. The van der Waals surface area contributed by atoms with Crippen LogP contribution in [-0.4, -0.2) is 94.7 Å². The van der Waals surface area contributed by atoms with Crippen LogP contribution in [0.3, 0.4) is 0 Å². The third kappa shape index (κ3) is 5.22. The summed E-state index contributed by atoms with van der Waals surface area (Å²) in [5.74, 6) is 0. The fourth-order valence-electron chi connectivity index (χ4n) is 3.44. The summed E-state index contributed by atoms with van der Waals surface area (Å²) in [4.78, 5) is 7.89. The van der Waals surface area contributed by atoms with Crippen LogP contribution in [0.2, 0.25) is 0 Å². The van der Waals surface area contributed by atoms with E-state index in [0.29, 0.717) is 6.61 Å². The number of aliphatic hydroxyl groups excluding tert-OH is 4. The molecule has 4 unspecified atom stereocenters. The van der Waals surface area contributed by atoms with Crippen LogP contribution in [0.5, 0.6) is 0 Å². The number of ether oxygens (including phenoxy) is 3. The van der Waals surface area contributed by atoms with Gasteiger partial charge < -0.3 is 34.6 Å². The summed E-state index contributed by atoms with van der Waals surface area (Å²) in [6.07, 6.45) is -10.2. The monoisotopic (exact) mass is 429 g/mol. The lowest BCUT2D eigenvalue weighted by molar-refractivity contribution is -0.295. The molecule has 166 valence electrons. The van der Waals surface area contributed by atoms with Crippen LogP contribution >= 0.6 is 0 Å². The number of nitrogens with zero attached hydrogens (tertiary/aromatic N) is 9. The largest absolute Gasteiger partial charge is 0.390 e. The lowest BCUT2D eigenvalue weighted by Gasteiger charge is -2.45. The van der Waals surface area contributed by atoms with E-state index < -0.39 is 61.0 Å². The molecular formula is C14H23N9O7. The van der Waals surface area contributed by atoms with Crippen LogP contribution in [0, 0.1) is 0 Å². The molecule has 10 atom stereocenters. The van der Waals surface area contributed by atoms with E-state index in [1.807, 2.05) is 0 Å². The zero-order valence-electron chi connectivity index (χ0n) is 15.9. The predicted molar refractivity (Wildman–Crippen MR) is 97.5 cm³/mol. The SMILES string of the molecule is CCOCC1O[C@H](O[C@@H]2C(N=[N+]=[N-])C[C@@H](N=[N+]=[N-])[C@@H](O)C2O)C(N=[N+]=[N-])[C@@H](O)[C@@H]1O. The van der Waals surface area contributed by atoms with Crippen molar-refractivity contribution in [2.75, 3.05) is 13.2 Å². The van der Waals surface area contributed by atoms with E-state index in [4.69, 9.17) is 30.8 Å². The molecule has 0 aromatic rings. The maximum absolute atomic E-state index is 10.5. The summed E-state index contributed by atoms with van der Waals surface area (Å²) in [6.45, 7) is 1.92. The first kappa shape index (κ1) is 23.9. The smallest absolute Gasteiger partial charge is 0.169 e. The Morgan fingerprint density at radius 2 is 1.53 bits per heavy atom. The summed E-state index contributed by atoms with van der Waals surface area (Å²) in [5, 5.41) is 51.6. The average Bonchev–Trinajstić information content (AvgIpc) is 2.73. The van der Waals surface area contributed by atoms with E-state index in [2.05, 4.69) is 30.1 Å². The van der Waals surface area contributed by atoms with Gasteiger partial charge in [0.1, 0.15) is 24.4 Å². The zero-order valence-corrected chi connectivity index (χ0v) is 15.9. The van der Waals surface area contributed by atoms with Crippen LogP contribution in [0.15, 0.2) is 15.3 Å². The van der Waals surface area contributed by atoms with E-state index >= 15 is 0 Å². The molecule has 0 aromatic carbocycles.